The smallest absolute Gasteiger partial charge is 0.191 e. The minimum atomic E-state index is 0. The van der Waals surface area contributed by atoms with E-state index >= 15 is 0 Å². The number of hydrogen-bond acceptors (Lipinski definition) is 2. The van der Waals surface area contributed by atoms with Gasteiger partial charge in [0.25, 0.3) is 0 Å². The van der Waals surface area contributed by atoms with Crippen molar-refractivity contribution in [2.24, 2.45) is 4.99 Å². The monoisotopic (exact) mass is 480 g/mol. The molecule has 4 nitrogen and oxygen atoms in total. The quantitative estimate of drug-likeness (QED) is 0.340. The number of benzene rings is 2. The summed E-state index contributed by atoms with van der Waals surface area (Å²) in [4.78, 5) is 6.56. The highest BCUT2D eigenvalue weighted by Gasteiger charge is 2.07. The van der Waals surface area contributed by atoms with Gasteiger partial charge >= 0.3 is 0 Å². The summed E-state index contributed by atoms with van der Waals surface area (Å²) in [6.07, 6.45) is 2.14. The van der Waals surface area contributed by atoms with E-state index in [4.69, 9.17) is 0 Å². The number of nitrogens with zero attached hydrogens (tertiary/aromatic N) is 2. The summed E-state index contributed by atoms with van der Waals surface area (Å²) in [5, 5.41) is 6.94. The Bertz CT molecular complexity index is 686. The second kappa shape index (κ2) is 12.7. The van der Waals surface area contributed by atoms with Crippen molar-refractivity contribution in [1.29, 1.82) is 0 Å². The number of nitrogens with one attached hydrogen (secondary N) is 2. The molecule has 0 aromatic heterocycles. The van der Waals surface area contributed by atoms with E-state index in [0.29, 0.717) is 6.04 Å². The predicted molar refractivity (Wildman–Crippen MR) is 127 cm³/mol. The maximum atomic E-state index is 4.37. The van der Waals surface area contributed by atoms with Gasteiger partial charge in [-0.05, 0) is 50.6 Å². The van der Waals surface area contributed by atoms with E-state index in [9.17, 15) is 0 Å². The zero-order chi connectivity index (χ0) is 18.8. The largest absolute Gasteiger partial charge is 0.354 e. The summed E-state index contributed by atoms with van der Waals surface area (Å²) in [6.45, 7) is 3.92. The summed E-state index contributed by atoms with van der Waals surface area (Å²) in [7, 11) is 6.02. The van der Waals surface area contributed by atoms with Gasteiger partial charge in [0.05, 0.1) is 0 Å². The molecule has 5 heteroatoms. The molecule has 2 rings (SSSR count). The molecule has 1 atom stereocenters. The lowest BCUT2D eigenvalue weighted by Gasteiger charge is -2.19. The fraction of sp³-hybridized carbons (Fsp3) is 0.409. The van der Waals surface area contributed by atoms with Gasteiger partial charge in [0.2, 0.25) is 0 Å². The third-order valence-corrected chi connectivity index (χ3v) is 4.37. The SMILES string of the molecule is CN=C(NCc1ccccc1CN(C)C)NC(C)CCc1ccccc1.I. The average molecular weight is 480 g/mol. The van der Waals surface area contributed by atoms with E-state index in [1.165, 1.54) is 16.7 Å². The predicted octanol–water partition coefficient (Wildman–Crippen LogP) is 4.05. The average Bonchev–Trinajstić information content (AvgIpc) is 2.65. The third kappa shape index (κ3) is 8.75. The van der Waals surface area contributed by atoms with Crippen LogP contribution in [-0.4, -0.2) is 38.0 Å². The molecule has 0 spiro atoms. The van der Waals surface area contributed by atoms with Crippen LogP contribution in [0.25, 0.3) is 0 Å². The number of guanidine groups is 1. The molecule has 0 saturated carbocycles. The fourth-order valence-electron chi connectivity index (χ4n) is 2.93. The van der Waals surface area contributed by atoms with Crippen molar-refractivity contribution in [2.75, 3.05) is 21.1 Å². The second-order valence-electron chi connectivity index (χ2n) is 7.00. The van der Waals surface area contributed by atoms with Crippen LogP contribution < -0.4 is 10.6 Å². The van der Waals surface area contributed by atoms with Gasteiger partial charge in [-0.1, -0.05) is 54.6 Å². The fourth-order valence-corrected chi connectivity index (χ4v) is 2.93. The number of aryl methyl sites for hydroxylation is 1. The molecular weight excluding hydrogens is 447 g/mol. The molecule has 0 saturated heterocycles. The van der Waals surface area contributed by atoms with E-state index in [2.05, 4.69) is 96.1 Å². The minimum Gasteiger partial charge on any atom is -0.354 e. The van der Waals surface area contributed by atoms with Crippen LogP contribution in [0.3, 0.4) is 0 Å². The highest BCUT2D eigenvalue weighted by molar-refractivity contribution is 14.0. The van der Waals surface area contributed by atoms with Gasteiger partial charge in [-0.15, -0.1) is 24.0 Å². The van der Waals surface area contributed by atoms with Gasteiger partial charge in [-0.25, -0.2) is 0 Å². The second-order valence-corrected chi connectivity index (χ2v) is 7.00. The molecule has 0 aliphatic heterocycles. The van der Waals surface area contributed by atoms with Crippen LogP contribution in [0, 0.1) is 0 Å². The first-order valence-electron chi connectivity index (χ1n) is 9.31. The summed E-state index contributed by atoms with van der Waals surface area (Å²) >= 11 is 0. The van der Waals surface area contributed by atoms with Gasteiger partial charge < -0.3 is 15.5 Å². The Balaban J connectivity index is 0.00000364. The molecule has 0 fully saturated rings. The van der Waals surface area contributed by atoms with Gasteiger partial charge in [0.15, 0.2) is 5.96 Å². The Kier molecular flexibility index (Phi) is 11.0. The summed E-state index contributed by atoms with van der Waals surface area (Å²) in [5.41, 5.74) is 4.03. The Morgan fingerprint density at radius 2 is 1.63 bits per heavy atom. The van der Waals surface area contributed by atoms with Crippen LogP contribution in [0.5, 0.6) is 0 Å². The van der Waals surface area contributed by atoms with E-state index in [0.717, 1.165) is 31.9 Å². The molecule has 2 aromatic rings. The molecule has 1 unspecified atom stereocenters. The van der Waals surface area contributed by atoms with Crippen LogP contribution >= 0.6 is 24.0 Å². The standard InChI is InChI=1S/C22H32N4.HI/c1-18(14-15-19-10-6-5-7-11-19)25-22(23-2)24-16-20-12-8-9-13-21(20)17-26(3)4;/h5-13,18H,14-17H2,1-4H3,(H2,23,24,25);1H. The molecule has 2 N–H and O–H groups in total. The molecule has 2 aromatic carbocycles. The van der Waals surface area contributed by atoms with Crippen molar-refractivity contribution in [2.45, 2.75) is 38.9 Å². The molecule has 0 aliphatic carbocycles. The summed E-state index contributed by atoms with van der Waals surface area (Å²) < 4.78 is 0. The first-order chi connectivity index (χ1) is 12.6. The van der Waals surface area contributed by atoms with E-state index in [-0.39, 0.29) is 24.0 Å². The molecule has 0 amide bonds. The van der Waals surface area contributed by atoms with Crippen molar-refractivity contribution >= 4 is 29.9 Å². The first-order valence-corrected chi connectivity index (χ1v) is 9.31. The van der Waals surface area contributed by atoms with Crippen LogP contribution in [0.1, 0.15) is 30.0 Å². The Morgan fingerprint density at radius 3 is 2.26 bits per heavy atom. The van der Waals surface area contributed by atoms with Crippen LogP contribution in [0.2, 0.25) is 0 Å². The van der Waals surface area contributed by atoms with Crippen molar-refractivity contribution in [1.82, 2.24) is 15.5 Å². The van der Waals surface area contributed by atoms with E-state index in [1.54, 1.807) is 0 Å². The zero-order valence-corrected chi connectivity index (χ0v) is 19.2. The lowest BCUT2D eigenvalue weighted by atomic mass is 10.1. The number of aliphatic imine (C=N–C) groups is 1. The molecule has 27 heavy (non-hydrogen) atoms. The van der Waals surface area contributed by atoms with Crippen LogP contribution in [0.4, 0.5) is 0 Å². The molecule has 0 heterocycles. The Labute approximate surface area is 181 Å². The number of halogens is 1. The summed E-state index contributed by atoms with van der Waals surface area (Å²) in [6, 6.07) is 19.5. The summed E-state index contributed by atoms with van der Waals surface area (Å²) in [5.74, 6) is 0.852. The van der Waals surface area contributed by atoms with Crippen molar-refractivity contribution in [3.05, 3.63) is 71.3 Å². The topological polar surface area (TPSA) is 39.7 Å². The number of rotatable bonds is 8. The molecule has 0 bridgehead atoms. The highest BCUT2D eigenvalue weighted by atomic mass is 127. The zero-order valence-electron chi connectivity index (χ0n) is 16.9. The van der Waals surface area contributed by atoms with Crippen molar-refractivity contribution < 1.29 is 0 Å². The normalized spacial score (nSPS) is 12.4. The number of hydrogen-bond donors (Lipinski definition) is 2. The van der Waals surface area contributed by atoms with Gasteiger partial charge in [0, 0.05) is 26.2 Å². The maximum Gasteiger partial charge on any atom is 0.191 e. The lowest BCUT2D eigenvalue weighted by molar-refractivity contribution is 0.400. The first kappa shape index (κ1) is 23.4. The Hall–Kier alpha value is -1.60. The molecule has 0 radical (unpaired) electrons. The van der Waals surface area contributed by atoms with E-state index < -0.39 is 0 Å². The Morgan fingerprint density at radius 1 is 1.00 bits per heavy atom. The van der Waals surface area contributed by atoms with Gasteiger partial charge in [0.1, 0.15) is 0 Å². The molecule has 148 valence electrons. The van der Waals surface area contributed by atoms with Crippen LogP contribution in [0.15, 0.2) is 59.6 Å². The van der Waals surface area contributed by atoms with Gasteiger partial charge in [-0.3, -0.25) is 4.99 Å². The van der Waals surface area contributed by atoms with E-state index in [1.807, 2.05) is 7.05 Å². The van der Waals surface area contributed by atoms with Gasteiger partial charge in [-0.2, -0.15) is 0 Å². The highest BCUT2D eigenvalue weighted by Crippen LogP contribution is 2.10. The lowest BCUT2D eigenvalue weighted by Crippen LogP contribution is -2.42. The van der Waals surface area contributed by atoms with Crippen LogP contribution in [-0.2, 0) is 19.5 Å². The molecular formula is C22H33IN4. The van der Waals surface area contributed by atoms with Crippen molar-refractivity contribution in [3.63, 3.8) is 0 Å². The maximum absolute atomic E-state index is 4.37. The minimum absolute atomic E-state index is 0. The van der Waals surface area contributed by atoms with Crippen molar-refractivity contribution in [3.8, 4) is 0 Å². The molecule has 0 aliphatic rings. The third-order valence-electron chi connectivity index (χ3n) is 4.37.